The van der Waals surface area contributed by atoms with Gasteiger partial charge in [0, 0.05) is 33.9 Å². The van der Waals surface area contributed by atoms with Crippen molar-refractivity contribution in [1.29, 1.82) is 0 Å². The second kappa shape index (κ2) is 9.42. The Bertz CT molecular complexity index is 1490. The molecule has 170 valence electrons. The molecule has 5 rings (SSSR count). The van der Waals surface area contributed by atoms with Gasteiger partial charge in [-0.3, -0.25) is 9.78 Å². The molecule has 3 heterocycles. The molecule has 0 spiro atoms. The van der Waals surface area contributed by atoms with Gasteiger partial charge in [-0.2, -0.15) is 5.10 Å². The Hall–Kier alpha value is -3.46. The molecule has 0 atom stereocenters. The molecule has 2 aromatic heterocycles. The molecule has 0 radical (unpaired) electrons. The molecule has 0 unspecified atom stereocenters. The molecule has 0 aliphatic carbocycles. The van der Waals surface area contributed by atoms with Crippen molar-refractivity contribution in [2.24, 2.45) is 10.1 Å². The van der Waals surface area contributed by atoms with E-state index in [4.69, 9.17) is 38.0 Å². The second-order valence-corrected chi connectivity index (χ2v) is 9.08. The number of amides is 1. The van der Waals surface area contributed by atoms with Crippen molar-refractivity contribution >= 4 is 57.5 Å². The number of benzene rings is 2. The highest BCUT2D eigenvalue weighted by atomic mass is 35.5. The number of fused-ring (bicyclic) bond motifs is 1. The Morgan fingerprint density at radius 1 is 1.21 bits per heavy atom. The van der Waals surface area contributed by atoms with Gasteiger partial charge in [-0.05, 0) is 49.4 Å². The maximum atomic E-state index is 11.8. The van der Waals surface area contributed by atoms with Gasteiger partial charge in [-0.1, -0.05) is 29.3 Å². The van der Waals surface area contributed by atoms with Crippen LogP contribution in [0.25, 0.3) is 11.3 Å². The number of rotatable bonds is 4. The third-order valence-corrected chi connectivity index (χ3v) is 6.40. The first-order valence-electron chi connectivity index (χ1n) is 10.2. The minimum absolute atomic E-state index is 0.00424. The van der Waals surface area contributed by atoms with Crippen molar-refractivity contribution in [2.75, 3.05) is 11.9 Å². The van der Waals surface area contributed by atoms with Crippen LogP contribution in [0.15, 0.2) is 76.4 Å². The Balaban J connectivity index is 1.68. The maximum Gasteiger partial charge on any atom is 0.262 e. The molecule has 7 nitrogen and oxygen atoms in total. The van der Waals surface area contributed by atoms with Crippen molar-refractivity contribution < 1.29 is 9.53 Å². The summed E-state index contributed by atoms with van der Waals surface area (Å²) in [6.45, 7) is 1.91. The summed E-state index contributed by atoms with van der Waals surface area (Å²) in [5.74, 6) is 0.430. The number of carbonyl (C=O) groups is 1. The van der Waals surface area contributed by atoms with Crippen LogP contribution in [0.5, 0.6) is 5.75 Å². The molecule has 2 aromatic carbocycles. The van der Waals surface area contributed by atoms with Crippen LogP contribution in [0, 0.1) is 0 Å². The van der Waals surface area contributed by atoms with Gasteiger partial charge >= 0.3 is 0 Å². The molecule has 0 saturated heterocycles. The number of hydrogen-bond acceptors (Lipinski definition) is 6. The Labute approximate surface area is 209 Å². The number of anilines is 1. The molecule has 1 aliphatic heterocycles. The smallest absolute Gasteiger partial charge is 0.262 e. The highest BCUT2D eigenvalue weighted by Crippen LogP contribution is 2.33. The number of thiazole rings is 1. The number of pyridine rings is 1. The first kappa shape index (κ1) is 22.3. The highest BCUT2D eigenvalue weighted by Gasteiger charge is 2.18. The van der Waals surface area contributed by atoms with Crippen LogP contribution in [-0.4, -0.2) is 27.9 Å². The summed E-state index contributed by atoms with van der Waals surface area (Å²) in [6.07, 6.45) is 3.47. The first-order valence-corrected chi connectivity index (χ1v) is 11.8. The molecule has 4 aromatic rings. The van der Waals surface area contributed by atoms with Crippen LogP contribution in [0.2, 0.25) is 10.0 Å². The van der Waals surface area contributed by atoms with E-state index in [1.807, 2.05) is 42.6 Å². The average Bonchev–Trinajstić information content (AvgIpc) is 3.22. The van der Waals surface area contributed by atoms with Crippen LogP contribution in [-0.2, 0) is 4.79 Å². The second-order valence-electron chi connectivity index (χ2n) is 7.40. The molecule has 0 bridgehead atoms. The fraction of sp³-hybridized carbons (Fsp3) is 0.0833. The van der Waals surface area contributed by atoms with E-state index in [0.717, 1.165) is 22.5 Å². The van der Waals surface area contributed by atoms with Crippen molar-refractivity contribution in [3.63, 3.8) is 0 Å². The Kier molecular flexibility index (Phi) is 6.19. The zero-order valence-electron chi connectivity index (χ0n) is 17.8. The Morgan fingerprint density at radius 3 is 2.88 bits per heavy atom. The summed E-state index contributed by atoms with van der Waals surface area (Å²) in [5, 5.41) is 10.6. The van der Waals surface area contributed by atoms with E-state index in [9.17, 15) is 4.79 Å². The molecule has 1 N–H and O–H groups in total. The normalized spacial score (nSPS) is 13.9. The molecule has 34 heavy (non-hydrogen) atoms. The van der Waals surface area contributed by atoms with Crippen molar-refractivity contribution in [2.45, 2.75) is 6.92 Å². The van der Waals surface area contributed by atoms with E-state index in [0.29, 0.717) is 32.0 Å². The summed E-state index contributed by atoms with van der Waals surface area (Å²) >= 11 is 13.8. The molecule has 1 aliphatic rings. The number of halogens is 2. The molecule has 10 heteroatoms. The van der Waals surface area contributed by atoms with Crippen molar-refractivity contribution in [3.05, 3.63) is 86.7 Å². The fourth-order valence-electron chi connectivity index (χ4n) is 3.37. The van der Waals surface area contributed by atoms with Crippen LogP contribution in [0.3, 0.4) is 0 Å². The molecule has 1 amide bonds. The Morgan fingerprint density at radius 2 is 2.09 bits per heavy atom. The lowest BCUT2D eigenvalue weighted by Crippen LogP contribution is -2.25. The average molecular weight is 510 g/mol. The van der Waals surface area contributed by atoms with Gasteiger partial charge in [0.15, 0.2) is 6.61 Å². The number of hydrogen-bond donors (Lipinski definition) is 1. The van der Waals surface area contributed by atoms with Gasteiger partial charge in [0.1, 0.15) is 5.75 Å². The number of ether oxygens (including phenoxy) is 1. The van der Waals surface area contributed by atoms with Gasteiger partial charge in [0.05, 0.1) is 27.8 Å². The SMILES string of the molecule is CC(=Nn1c(-c2ccc3c(c2)NC(=O)CO3)csc1=Nc1ccc(Cl)cc1Cl)c1cccnc1. The maximum absolute atomic E-state index is 11.8. The van der Waals surface area contributed by atoms with Gasteiger partial charge in [-0.15, -0.1) is 11.3 Å². The standard InChI is InChI=1S/C24H17Cl2N5O2S/c1-14(16-3-2-8-27-11-16)30-31-21(15-4-7-22-20(9-15)28-23(32)12-33-22)13-34-24(31)29-19-6-5-17(25)10-18(19)26/h2-11,13H,12H2,1H3,(H,28,32). The summed E-state index contributed by atoms with van der Waals surface area (Å²) in [7, 11) is 0. The van der Waals surface area contributed by atoms with Crippen LogP contribution >= 0.6 is 34.5 Å². The lowest BCUT2D eigenvalue weighted by molar-refractivity contribution is -0.118. The van der Waals surface area contributed by atoms with Crippen molar-refractivity contribution in [3.8, 4) is 17.0 Å². The van der Waals surface area contributed by atoms with E-state index in [2.05, 4.69) is 10.3 Å². The van der Waals surface area contributed by atoms with Gasteiger partial charge in [0.2, 0.25) is 4.80 Å². The topological polar surface area (TPSA) is 80.9 Å². The van der Waals surface area contributed by atoms with Gasteiger partial charge in [0.25, 0.3) is 5.91 Å². The summed E-state index contributed by atoms with van der Waals surface area (Å²) < 4.78 is 7.25. The molecular weight excluding hydrogens is 493 g/mol. The van der Waals surface area contributed by atoms with Gasteiger partial charge < -0.3 is 10.1 Å². The molecular formula is C24H17Cl2N5O2S. The van der Waals surface area contributed by atoms with E-state index in [1.165, 1.54) is 11.3 Å². The minimum Gasteiger partial charge on any atom is -0.482 e. The molecule has 0 saturated carbocycles. The summed E-state index contributed by atoms with van der Waals surface area (Å²) in [5.41, 5.74) is 4.46. The lowest BCUT2D eigenvalue weighted by Gasteiger charge is -2.18. The summed E-state index contributed by atoms with van der Waals surface area (Å²) in [4.78, 5) is 21.3. The van der Waals surface area contributed by atoms with E-state index >= 15 is 0 Å². The quantitative estimate of drug-likeness (QED) is 0.355. The first-order chi connectivity index (χ1) is 16.5. The number of aromatic nitrogens is 2. The zero-order chi connectivity index (χ0) is 23.7. The fourth-order valence-corrected chi connectivity index (χ4v) is 4.67. The van der Waals surface area contributed by atoms with Crippen LogP contribution in [0.4, 0.5) is 11.4 Å². The van der Waals surface area contributed by atoms with Gasteiger partial charge in [-0.25, -0.2) is 9.67 Å². The highest BCUT2D eigenvalue weighted by molar-refractivity contribution is 7.07. The largest absolute Gasteiger partial charge is 0.482 e. The number of nitrogens with one attached hydrogen (secondary N) is 1. The predicted octanol–water partition coefficient (Wildman–Crippen LogP) is 5.75. The third-order valence-electron chi connectivity index (χ3n) is 5.05. The lowest BCUT2D eigenvalue weighted by atomic mass is 10.1. The predicted molar refractivity (Wildman–Crippen MR) is 135 cm³/mol. The van der Waals surface area contributed by atoms with E-state index < -0.39 is 0 Å². The minimum atomic E-state index is -0.193. The number of carbonyl (C=O) groups excluding carboxylic acids is 1. The third kappa shape index (κ3) is 4.61. The van der Waals surface area contributed by atoms with Crippen LogP contribution < -0.4 is 14.9 Å². The monoisotopic (exact) mass is 509 g/mol. The van der Waals surface area contributed by atoms with E-state index in [-0.39, 0.29) is 12.5 Å². The number of nitrogens with zero attached hydrogens (tertiary/aromatic N) is 4. The van der Waals surface area contributed by atoms with Crippen molar-refractivity contribution in [1.82, 2.24) is 9.66 Å². The van der Waals surface area contributed by atoms with Crippen LogP contribution in [0.1, 0.15) is 12.5 Å². The molecule has 0 fully saturated rings. The summed E-state index contributed by atoms with van der Waals surface area (Å²) in [6, 6.07) is 14.6. The van der Waals surface area contributed by atoms with E-state index in [1.54, 1.807) is 35.3 Å². The zero-order valence-corrected chi connectivity index (χ0v) is 20.2.